The van der Waals surface area contributed by atoms with E-state index >= 15 is 0 Å². The predicted octanol–water partition coefficient (Wildman–Crippen LogP) is 6.04. The van der Waals surface area contributed by atoms with E-state index in [1.165, 1.54) is 48.4 Å². The minimum Gasteiger partial charge on any atom is -0.497 e. The van der Waals surface area contributed by atoms with E-state index in [2.05, 4.69) is 40.2 Å². The molecule has 1 amide bonds. The van der Waals surface area contributed by atoms with Gasteiger partial charge in [-0.1, -0.05) is 49.6 Å². The Morgan fingerprint density at radius 1 is 1.03 bits per heavy atom. The molecule has 2 heterocycles. The minimum absolute atomic E-state index is 0.231. The average Bonchev–Trinajstić information content (AvgIpc) is 3.38. The van der Waals surface area contributed by atoms with Crippen molar-refractivity contribution in [1.29, 1.82) is 0 Å². The van der Waals surface area contributed by atoms with Gasteiger partial charge in [-0.05, 0) is 78.2 Å². The van der Waals surface area contributed by atoms with Gasteiger partial charge in [0.1, 0.15) is 11.6 Å². The summed E-state index contributed by atoms with van der Waals surface area (Å²) in [6.45, 7) is 3.67. The number of carbonyl (C=O) groups excluding carboxylic acids is 1. The fourth-order valence-electron chi connectivity index (χ4n) is 5.80. The maximum atomic E-state index is 13.3. The number of pyridine rings is 1. The van der Waals surface area contributed by atoms with Crippen LogP contribution >= 0.6 is 0 Å². The summed E-state index contributed by atoms with van der Waals surface area (Å²) in [7, 11) is 1.72. The number of hydrogen-bond acceptors (Lipinski definition) is 4. The van der Waals surface area contributed by atoms with E-state index in [1.54, 1.807) is 13.3 Å². The largest absolute Gasteiger partial charge is 0.497 e. The van der Waals surface area contributed by atoms with Crippen LogP contribution in [0.3, 0.4) is 0 Å². The summed E-state index contributed by atoms with van der Waals surface area (Å²) in [6.07, 6.45) is 9.80. The average molecular weight is 472 g/mol. The van der Waals surface area contributed by atoms with Crippen molar-refractivity contribution < 1.29 is 9.53 Å². The number of amides is 1. The third-order valence-corrected chi connectivity index (χ3v) is 7.87. The molecule has 0 spiro atoms. The number of methoxy groups -OCH3 is 1. The minimum atomic E-state index is 0.231. The van der Waals surface area contributed by atoms with Crippen molar-refractivity contribution in [2.45, 2.75) is 50.9 Å². The number of benzene rings is 2. The summed E-state index contributed by atoms with van der Waals surface area (Å²) in [5, 5.41) is 2.47. The van der Waals surface area contributed by atoms with Crippen LogP contribution in [0.15, 0.2) is 60.8 Å². The summed E-state index contributed by atoms with van der Waals surface area (Å²) < 4.78 is 5.42. The van der Waals surface area contributed by atoms with Gasteiger partial charge in [-0.15, -0.1) is 0 Å². The molecule has 2 aliphatic rings. The Morgan fingerprint density at radius 3 is 2.69 bits per heavy atom. The van der Waals surface area contributed by atoms with Gasteiger partial charge in [-0.3, -0.25) is 9.69 Å². The molecule has 0 radical (unpaired) electrons. The van der Waals surface area contributed by atoms with Gasteiger partial charge in [0.2, 0.25) is 5.91 Å². The molecular weight excluding hydrogens is 434 g/mol. The zero-order valence-corrected chi connectivity index (χ0v) is 20.9. The van der Waals surface area contributed by atoms with Gasteiger partial charge in [-0.25, -0.2) is 4.98 Å². The predicted molar refractivity (Wildman–Crippen MR) is 142 cm³/mol. The Labute approximate surface area is 209 Å². The van der Waals surface area contributed by atoms with Crippen molar-refractivity contribution in [3.05, 3.63) is 66.4 Å². The number of hydrogen-bond donors (Lipinski definition) is 0. The van der Waals surface area contributed by atoms with Crippen LogP contribution in [0, 0.1) is 5.92 Å². The fraction of sp³-hybridized carbons (Fsp3) is 0.467. The second-order valence-electron chi connectivity index (χ2n) is 10.2. The first-order chi connectivity index (χ1) is 17.2. The van der Waals surface area contributed by atoms with Crippen LogP contribution < -0.4 is 9.64 Å². The molecule has 1 aromatic heterocycles. The number of anilines is 1. The SMILES string of the molecule is COc1ccc2ccc(C3CCN(CCN(C(=O)CC4CCCCC4)c4ccccn4)C3)cc2c1. The summed E-state index contributed by atoms with van der Waals surface area (Å²) in [5.74, 6) is 2.97. The number of likely N-dealkylation sites (tertiary alicyclic amines) is 1. The van der Waals surface area contributed by atoms with Gasteiger partial charge in [0.15, 0.2) is 0 Å². The zero-order chi connectivity index (χ0) is 24.0. The molecule has 184 valence electrons. The highest BCUT2D eigenvalue weighted by atomic mass is 16.5. The molecule has 3 aromatic rings. The van der Waals surface area contributed by atoms with E-state index in [0.29, 0.717) is 24.8 Å². The Morgan fingerprint density at radius 2 is 1.89 bits per heavy atom. The van der Waals surface area contributed by atoms with Crippen LogP contribution in [-0.4, -0.2) is 49.1 Å². The number of fused-ring (bicyclic) bond motifs is 1. The van der Waals surface area contributed by atoms with Gasteiger partial charge < -0.3 is 9.64 Å². The van der Waals surface area contributed by atoms with E-state index in [9.17, 15) is 4.79 Å². The number of ether oxygens (including phenoxy) is 1. The van der Waals surface area contributed by atoms with Crippen molar-refractivity contribution >= 4 is 22.5 Å². The fourth-order valence-corrected chi connectivity index (χ4v) is 5.80. The van der Waals surface area contributed by atoms with E-state index in [0.717, 1.165) is 37.6 Å². The van der Waals surface area contributed by atoms with Crippen molar-refractivity contribution in [1.82, 2.24) is 9.88 Å². The molecule has 2 aromatic carbocycles. The molecule has 35 heavy (non-hydrogen) atoms. The number of aromatic nitrogens is 1. The lowest BCUT2D eigenvalue weighted by Crippen LogP contribution is -2.39. The first-order valence-electron chi connectivity index (χ1n) is 13.2. The second kappa shape index (κ2) is 11.2. The van der Waals surface area contributed by atoms with Gasteiger partial charge in [-0.2, -0.15) is 0 Å². The van der Waals surface area contributed by atoms with E-state index < -0.39 is 0 Å². The van der Waals surface area contributed by atoms with Gasteiger partial charge in [0.05, 0.1) is 7.11 Å². The van der Waals surface area contributed by atoms with E-state index in [1.807, 2.05) is 29.2 Å². The summed E-state index contributed by atoms with van der Waals surface area (Å²) in [4.78, 5) is 22.3. The monoisotopic (exact) mass is 471 g/mol. The molecule has 1 aliphatic heterocycles. The topological polar surface area (TPSA) is 45.7 Å². The number of nitrogens with zero attached hydrogens (tertiary/aromatic N) is 3. The molecule has 1 saturated heterocycles. The third kappa shape index (κ3) is 5.84. The summed E-state index contributed by atoms with van der Waals surface area (Å²) >= 11 is 0. The third-order valence-electron chi connectivity index (χ3n) is 7.87. The summed E-state index contributed by atoms with van der Waals surface area (Å²) in [5.41, 5.74) is 1.39. The first-order valence-corrected chi connectivity index (χ1v) is 13.2. The highest BCUT2D eigenvalue weighted by Crippen LogP contribution is 2.31. The smallest absolute Gasteiger partial charge is 0.228 e. The van der Waals surface area contributed by atoms with Crippen molar-refractivity contribution in [2.75, 3.05) is 38.2 Å². The van der Waals surface area contributed by atoms with Crippen LogP contribution in [0.2, 0.25) is 0 Å². The van der Waals surface area contributed by atoms with Crippen LogP contribution in [-0.2, 0) is 4.79 Å². The van der Waals surface area contributed by atoms with E-state index in [4.69, 9.17) is 4.74 Å². The molecule has 5 heteroatoms. The standard InChI is InChI=1S/C30H37N3O2/c1-35-28-13-12-24-10-11-25(20-27(24)21-28)26-14-16-32(22-26)17-18-33(29-9-5-6-15-31-29)30(34)19-23-7-3-2-4-8-23/h5-6,9-13,15,20-21,23,26H,2-4,7-8,14,16-19,22H2,1H3. The normalized spacial score (nSPS) is 19.2. The molecule has 1 unspecified atom stereocenters. The Hall–Kier alpha value is -2.92. The summed E-state index contributed by atoms with van der Waals surface area (Å²) in [6, 6.07) is 18.9. The number of rotatable bonds is 8. The Kier molecular flexibility index (Phi) is 7.63. The molecule has 0 bridgehead atoms. The highest BCUT2D eigenvalue weighted by Gasteiger charge is 2.27. The first kappa shape index (κ1) is 23.8. The molecular formula is C30H37N3O2. The lowest BCUT2D eigenvalue weighted by molar-refractivity contribution is -0.119. The van der Waals surface area contributed by atoms with Crippen LogP contribution in [0.5, 0.6) is 5.75 Å². The van der Waals surface area contributed by atoms with E-state index in [-0.39, 0.29) is 5.91 Å². The lowest BCUT2D eigenvalue weighted by Gasteiger charge is -2.28. The van der Waals surface area contributed by atoms with Crippen molar-refractivity contribution in [2.24, 2.45) is 5.92 Å². The second-order valence-corrected chi connectivity index (χ2v) is 10.2. The highest BCUT2D eigenvalue weighted by molar-refractivity contribution is 5.92. The van der Waals surface area contributed by atoms with Crippen LogP contribution in [0.25, 0.3) is 10.8 Å². The van der Waals surface area contributed by atoms with Gasteiger partial charge in [0, 0.05) is 32.3 Å². The molecule has 5 rings (SSSR count). The molecule has 0 N–H and O–H groups in total. The Bertz CT molecular complexity index is 1130. The molecule has 2 fully saturated rings. The van der Waals surface area contributed by atoms with Crippen molar-refractivity contribution in [3.8, 4) is 5.75 Å². The quantitative estimate of drug-likeness (QED) is 0.402. The molecule has 5 nitrogen and oxygen atoms in total. The molecule has 1 aliphatic carbocycles. The van der Waals surface area contributed by atoms with Gasteiger partial charge >= 0.3 is 0 Å². The maximum Gasteiger partial charge on any atom is 0.228 e. The van der Waals surface area contributed by atoms with Crippen LogP contribution in [0.4, 0.5) is 5.82 Å². The van der Waals surface area contributed by atoms with Crippen LogP contribution in [0.1, 0.15) is 56.4 Å². The molecule has 1 atom stereocenters. The van der Waals surface area contributed by atoms with Crippen molar-refractivity contribution in [3.63, 3.8) is 0 Å². The maximum absolute atomic E-state index is 13.3. The zero-order valence-electron chi connectivity index (χ0n) is 20.9. The lowest BCUT2D eigenvalue weighted by atomic mass is 9.86. The Balaban J connectivity index is 1.22. The number of carbonyl (C=O) groups is 1. The molecule has 1 saturated carbocycles. The van der Waals surface area contributed by atoms with Gasteiger partial charge in [0.25, 0.3) is 0 Å².